The molecule has 0 fully saturated rings. The molecule has 0 aromatic heterocycles. The van der Waals surface area contributed by atoms with Crippen molar-refractivity contribution in [2.45, 2.75) is 69.1 Å². The number of aliphatic imine (C=N–C) groups is 1. The molecule has 1 aromatic rings. The summed E-state index contributed by atoms with van der Waals surface area (Å²) in [5, 5.41) is 16.8. The molecular weight excluding hydrogens is 522 g/mol. The molecular formula is C25H41N9O6. The molecule has 4 atom stereocenters. The fourth-order valence-electron chi connectivity index (χ4n) is 3.72. The lowest BCUT2D eigenvalue weighted by molar-refractivity contribution is -0.143. The van der Waals surface area contributed by atoms with E-state index in [4.69, 9.17) is 28.7 Å². The Morgan fingerprint density at radius 1 is 0.800 bits per heavy atom. The van der Waals surface area contributed by atoms with Gasteiger partial charge in [0.15, 0.2) is 5.96 Å². The van der Waals surface area contributed by atoms with Crippen LogP contribution < -0.4 is 44.6 Å². The molecule has 1 rings (SSSR count). The minimum absolute atomic E-state index is 0.114. The van der Waals surface area contributed by atoms with Gasteiger partial charge in [0.1, 0.15) is 18.1 Å². The number of carbonyl (C=O) groups is 5. The molecule has 0 spiro atoms. The first-order valence-electron chi connectivity index (χ1n) is 12.9. The summed E-state index contributed by atoms with van der Waals surface area (Å²) in [5.41, 5.74) is 28.2. The maximum absolute atomic E-state index is 13.3. The van der Waals surface area contributed by atoms with Crippen LogP contribution in [0.3, 0.4) is 0 Å². The molecule has 222 valence electrons. The number of benzene rings is 1. The van der Waals surface area contributed by atoms with Gasteiger partial charge in [-0.1, -0.05) is 30.3 Å². The minimum Gasteiger partial charge on any atom is -0.480 e. The highest BCUT2D eigenvalue weighted by molar-refractivity contribution is 5.94. The Labute approximate surface area is 232 Å². The van der Waals surface area contributed by atoms with E-state index in [0.29, 0.717) is 25.8 Å². The number of nitrogens with two attached hydrogens (primary N) is 5. The predicted octanol–water partition coefficient (Wildman–Crippen LogP) is -2.85. The zero-order valence-electron chi connectivity index (χ0n) is 22.4. The van der Waals surface area contributed by atoms with E-state index < -0.39 is 60.2 Å². The molecule has 4 amide bonds. The Morgan fingerprint density at radius 3 is 1.88 bits per heavy atom. The summed E-state index contributed by atoms with van der Waals surface area (Å²) in [6, 6.07) is 4.28. The first-order valence-corrected chi connectivity index (χ1v) is 12.9. The van der Waals surface area contributed by atoms with E-state index in [1.54, 1.807) is 0 Å². The van der Waals surface area contributed by atoms with E-state index in [1.165, 1.54) is 0 Å². The third kappa shape index (κ3) is 13.5. The minimum atomic E-state index is -1.58. The lowest BCUT2D eigenvalue weighted by atomic mass is 10.0. The third-order valence-electron chi connectivity index (χ3n) is 5.81. The number of guanidine groups is 1. The van der Waals surface area contributed by atoms with Gasteiger partial charge in [-0.25, -0.2) is 4.79 Å². The number of unbranched alkanes of at least 4 members (excludes halogenated alkanes) is 1. The zero-order valence-corrected chi connectivity index (χ0v) is 22.4. The van der Waals surface area contributed by atoms with Crippen LogP contribution >= 0.6 is 0 Å². The quantitative estimate of drug-likeness (QED) is 0.0471. The molecule has 40 heavy (non-hydrogen) atoms. The van der Waals surface area contributed by atoms with Gasteiger partial charge in [0.2, 0.25) is 23.6 Å². The van der Waals surface area contributed by atoms with Gasteiger partial charge in [0.05, 0.1) is 12.5 Å². The molecule has 15 nitrogen and oxygen atoms in total. The molecule has 0 heterocycles. The van der Waals surface area contributed by atoms with Crippen molar-refractivity contribution in [3.8, 4) is 0 Å². The Morgan fingerprint density at radius 2 is 1.35 bits per heavy atom. The molecule has 0 bridgehead atoms. The number of hydrogen-bond acceptors (Lipinski definition) is 8. The number of carboxylic acid groups (broad SMARTS) is 1. The monoisotopic (exact) mass is 563 g/mol. The Hall–Kier alpha value is -4.24. The highest BCUT2D eigenvalue weighted by atomic mass is 16.4. The van der Waals surface area contributed by atoms with Crippen molar-refractivity contribution in [2.75, 3.05) is 13.1 Å². The smallest absolute Gasteiger partial charge is 0.326 e. The van der Waals surface area contributed by atoms with Crippen molar-refractivity contribution in [1.82, 2.24) is 16.0 Å². The topological polar surface area (TPSA) is 284 Å². The Kier molecular flexibility index (Phi) is 15.3. The van der Waals surface area contributed by atoms with Gasteiger partial charge in [-0.3, -0.25) is 24.2 Å². The summed E-state index contributed by atoms with van der Waals surface area (Å²) in [6.45, 7) is 0.524. The zero-order chi connectivity index (χ0) is 30.1. The molecule has 14 N–H and O–H groups in total. The molecule has 15 heteroatoms. The largest absolute Gasteiger partial charge is 0.480 e. The van der Waals surface area contributed by atoms with Crippen LogP contribution in [0.4, 0.5) is 0 Å². The fourth-order valence-corrected chi connectivity index (χ4v) is 3.72. The number of primary amides is 1. The summed E-state index contributed by atoms with van der Waals surface area (Å²) in [7, 11) is 0. The Bertz CT molecular complexity index is 1020. The van der Waals surface area contributed by atoms with E-state index in [9.17, 15) is 29.1 Å². The van der Waals surface area contributed by atoms with Gasteiger partial charge < -0.3 is 49.7 Å². The standard InChI is InChI=1S/C25H41N9O6/c26-11-5-4-9-17(23(38)34-19(24(39)40)14-20(28)35)33-22(37)18(10-6-12-31-25(29)30)32-21(36)16(27)13-15-7-2-1-3-8-15/h1-3,7-8,16-19H,4-6,9-14,26-27H2,(H2,28,35)(H,32,36)(H,33,37)(H,34,38)(H,39,40)(H4,29,30,31)/t16-,17-,18-,19-/m0/s1. The molecule has 0 radical (unpaired) electrons. The van der Waals surface area contributed by atoms with Crippen molar-refractivity contribution in [3.63, 3.8) is 0 Å². The molecule has 0 aliphatic rings. The van der Waals surface area contributed by atoms with Gasteiger partial charge in [-0.2, -0.15) is 0 Å². The summed E-state index contributed by atoms with van der Waals surface area (Å²) in [6.07, 6.45) is 1.13. The van der Waals surface area contributed by atoms with Crippen LogP contribution in [0.25, 0.3) is 0 Å². The highest BCUT2D eigenvalue weighted by Crippen LogP contribution is 2.07. The van der Waals surface area contributed by atoms with Gasteiger partial charge in [0, 0.05) is 6.54 Å². The van der Waals surface area contributed by atoms with Crippen LogP contribution in [-0.4, -0.2) is 77.9 Å². The summed E-state index contributed by atoms with van der Waals surface area (Å²) in [4.78, 5) is 65.7. The number of carbonyl (C=O) groups excluding carboxylic acids is 4. The average Bonchev–Trinajstić information content (AvgIpc) is 2.89. The fraction of sp³-hybridized carbons (Fsp3) is 0.520. The van der Waals surface area contributed by atoms with Gasteiger partial charge in [0.25, 0.3) is 0 Å². The summed E-state index contributed by atoms with van der Waals surface area (Å²) >= 11 is 0. The van der Waals surface area contributed by atoms with Crippen LogP contribution in [0.15, 0.2) is 35.3 Å². The number of aliphatic carboxylic acids is 1. The molecule has 0 saturated carbocycles. The molecule has 0 aliphatic carbocycles. The second kappa shape index (κ2) is 18.1. The normalized spacial score (nSPS) is 13.7. The predicted molar refractivity (Wildman–Crippen MR) is 148 cm³/mol. The first-order chi connectivity index (χ1) is 18.9. The summed E-state index contributed by atoms with van der Waals surface area (Å²) in [5.74, 6) is -4.62. The van der Waals surface area contributed by atoms with Crippen LogP contribution in [0, 0.1) is 0 Å². The van der Waals surface area contributed by atoms with Gasteiger partial charge in [-0.05, 0) is 50.6 Å². The SMILES string of the molecule is NCCCC[C@H](NC(=O)[C@H](CCCN=C(N)N)NC(=O)[C@@H](N)Cc1ccccc1)C(=O)N[C@@H](CC(N)=O)C(=O)O. The van der Waals surface area contributed by atoms with E-state index in [1.807, 2.05) is 30.3 Å². The van der Waals surface area contributed by atoms with Crippen molar-refractivity contribution < 1.29 is 29.1 Å². The molecule has 0 unspecified atom stereocenters. The Balaban J connectivity index is 3.04. The maximum Gasteiger partial charge on any atom is 0.326 e. The second-order valence-corrected chi connectivity index (χ2v) is 9.22. The van der Waals surface area contributed by atoms with Crippen LogP contribution in [-0.2, 0) is 30.4 Å². The lowest BCUT2D eigenvalue weighted by Crippen LogP contribution is -2.57. The van der Waals surface area contributed by atoms with Gasteiger partial charge in [-0.15, -0.1) is 0 Å². The van der Waals surface area contributed by atoms with Crippen LogP contribution in [0.2, 0.25) is 0 Å². The van der Waals surface area contributed by atoms with E-state index in [0.717, 1.165) is 5.56 Å². The number of hydrogen-bond donors (Lipinski definition) is 9. The number of nitrogens with zero attached hydrogens (tertiary/aromatic N) is 1. The second-order valence-electron chi connectivity index (χ2n) is 9.22. The number of nitrogens with one attached hydrogen (secondary N) is 3. The van der Waals surface area contributed by atoms with Gasteiger partial charge >= 0.3 is 5.97 Å². The van der Waals surface area contributed by atoms with Crippen molar-refractivity contribution in [1.29, 1.82) is 0 Å². The van der Waals surface area contributed by atoms with Crippen LogP contribution in [0.5, 0.6) is 0 Å². The van der Waals surface area contributed by atoms with Crippen molar-refractivity contribution in [2.24, 2.45) is 33.7 Å². The first kappa shape index (κ1) is 33.8. The highest BCUT2D eigenvalue weighted by Gasteiger charge is 2.30. The van der Waals surface area contributed by atoms with Crippen molar-refractivity contribution >= 4 is 35.6 Å². The maximum atomic E-state index is 13.3. The van der Waals surface area contributed by atoms with Crippen LogP contribution in [0.1, 0.15) is 44.1 Å². The third-order valence-corrected chi connectivity index (χ3v) is 5.81. The molecule has 0 saturated heterocycles. The number of carboxylic acids is 1. The lowest BCUT2D eigenvalue weighted by Gasteiger charge is -2.25. The average molecular weight is 564 g/mol. The van der Waals surface area contributed by atoms with Crippen molar-refractivity contribution in [3.05, 3.63) is 35.9 Å². The van der Waals surface area contributed by atoms with E-state index in [-0.39, 0.29) is 31.8 Å². The van der Waals surface area contributed by atoms with E-state index in [2.05, 4.69) is 20.9 Å². The summed E-state index contributed by atoms with van der Waals surface area (Å²) < 4.78 is 0. The van der Waals surface area contributed by atoms with E-state index >= 15 is 0 Å². The number of amides is 4. The molecule has 1 aromatic carbocycles. The molecule has 0 aliphatic heterocycles. The number of rotatable bonds is 19.